The van der Waals surface area contributed by atoms with Gasteiger partial charge in [0.05, 0.1) is 6.42 Å². The molecule has 0 aromatic heterocycles. The van der Waals surface area contributed by atoms with Crippen LogP contribution in [0.15, 0.2) is 24.3 Å². The van der Waals surface area contributed by atoms with Crippen LogP contribution in [0.25, 0.3) is 0 Å². The number of carbonyl (C=O) groups is 3. The Balaban J connectivity index is 2.52. The summed E-state index contributed by atoms with van der Waals surface area (Å²) >= 11 is 0. The molecule has 0 heterocycles. The Morgan fingerprint density at radius 3 is 2.55 bits per heavy atom. The summed E-state index contributed by atoms with van der Waals surface area (Å²) in [6.45, 7) is 1.48. The van der Waals surface area contributed by atoms with Crippen LogP contribution in [0, 0.1) is 6.92 Å². The molecule has 1 aromatic carbocycles. The standard InChI is InChI=1S/C13H16N2O5/c1-8-4-2-3-5-10(8)20-7-12(17)15-9(13(18)19)6-11(14)16/h2-5,9H,6-7H2,1H3,(H2,14,16)(H,15,17)(H,18,19). The molecule has 20 heavy (non-hydrogen) atoms. The van der Waals surface area contributed by atoms with E-state index in [4.69, 9.17) is 15.6 Å². The zero-order valence-electron chi connectivity index (χ0n) is 11.0. The van der Waals surface area contributed by atoms with Crippen molar-refractivity contribution in [3.63, 3.8) is 0 Å². The van der Waals surface area contributed by atoms with Crippen LogP contribution in [0.1, 0.15) is 12.0 Å². The second kappa shape index (κ2) is 7.13. The first-order chi connectivity index (χ1) is 9.40. The Bertz CT molecular complexity index is 515. The smallest absolute Gasteiger partial charge is 0.326 e. The molecule has 7 heteroatoms. The van der Waals surface area contributed by atoms with Crippen LogP contribution < -0.4 is 15.8 Å². The summed E-state index contributed by atoms with van der Waals surface area (Å²) < 4.78 is 5.26. The van der Waals surface area contributed by atoms with Gasteiger partial charge in [-0.2, -0.15) is 0 Å². The van der Waals surface area contributed by atoms with Gasteiger partial charge < -0.3 is 20.9 Å². The van der Waals surface area contributed by atoms with E-state index in [0.29, 0.717) is 5.75 Å². The number of aryl methyl sites for hydroxylation is 1. The molecule has 0 fully saturated rings. The predicted octanol–water partition coefficient (Wildman–Crippen LogP) is -0.181. The molecule has 2 amide bonds. The van der Waals surface area contributed by atoms with Crippen molar-refractivity contribution in [2.24, 2.45) is 5.73 Å². The van der Waals surface area contributed by atoms with Gasteiger partial charge >= 0.3 is 5.97 Å². The molecule has 0 aliphatic carbocycles. The van der Waals surface area contributed by atoms with Gasteiger partial charge in [-0.25, -0.2) is 4.79 Å². The predicted molar refractivity (Wildman–Crippen MR) is 70.1 cm³/mol. The number of rotatable bonds is 7. The molecule has 108 valence electrons. The molecular formula is C13H16N2O5. The van der Waals surface area contributed by atoms with Crippen molar-refractivity contribution in [2.75, 3.05) is 6.61 Å². The number of aliphatic carboxylic acids is 1. The van der Waals surface area contributed by atoms with E-state index in [-0.39, 0.29) is 6.61 Å². The van der Waals surface area contributed by atoms with Crippen molar-refractivity contribution in [3.05, 3.63) is 29.8 Å². The lowest BCUT2D eigenvalue weighted by atomic mass is 10.2. The highest BCUT2D eigenvalue weighted by molar-refractivity contribution is 5.88. The molecule has 4 N–H and O–H groups in total. The number of nitrogens with two attached hydrogens (primary N) is 1. The van der Waals surface area contributed by atoms with Crippen molar-refractivity contribution in [3.8, 4) is 5.75 Å². The van der Waals surface area contributed by atoms with E-state index in [1.807, 2.05) is 19.1 Å². The molecule has 1 unspecified atom stereocenters. The molecule has 0 aliphatic heterocycles. The Labute approximate surface area is 115 Å². The van der Waals surface area contributed by atoms with E-state index in [2.05, 4.69) is 5.32 Å². The fraction of sp³-hybridized carbons (Fsp3) is 0.308. The maximum atomic E-state index is 11.6. The fourth-order valence-electron chi connectivity index (χ4n) is 1.50. The molecule has 7 nitrogen and oxygen atoms in total. The largest absolute Gasteiger partial charge is 0.484 e. The Hall–Kier alpha value is -2.57. The maximum Gasteiger partial charge on any atom is 0.326 e. The number of primary amides is 1. The first-order valence-corrected chi connectivity index (χ1v) is 5.89. The summed E-state index contributed by atoms with van der Waals surface area (Å²) in [5.41, 5.74) is 5.76. The third kappa shape index (κ3) is 4.97. The van der Waals surface area contributed by atoms with Crippen LogP contribution in [0.2, 0.25) is 0 Å². The topological polar surface area (TPSA) is 119 Å². The lowest BCUT2D eigenvalue weighted by Crippen LogP contribution is -2.45. The van der Waals surface area contributed by atoms with Crippen LogP contribution in [-0.4, -0.2) is 35.5 Å². The lowest BCUT2D eigenvalue weighted by Gasteiger charge is -2.13. The molecule has 0 bridgehead atoms. The number of carboxylic acids is 1. The summed E-state index contributed by atoms with van der Waals surface area (Å²) in [7, 11) is 0. The average Bonchev–Trinajstić information content (AvgIpc) is 2.36. The van der Waals surface area contributed by atoms with Crippen LogP contribution >= 0.6 is 0 Å². The first kappa shape index (κ1) is 15.5. The molecular weight excluding hydrogens is 264 g/mol. The fourth-order valence-corrected chi connectivity index (χ4v) is 1.50. The van der Waals surface area contributed by atoms with Gasteiger partial charge in [0, 0.05) is 0 Å². The van der Waals surface area contributed by atoms with Gasteiger partial charge in [-0.1, -0.05) is 18.2 Å². The third-order valence-electron chi connectivity index (χ3n) is 2.49. The number of ether oxygens (including phenoxy) is 1. The maximum absolute atomic E-state index is 11.6. The average molecular weight is 280 g/mol. The van der Waals surface area contributed by atoms with Crippen molar-refractivity contribution < 1.29 is 24.2 Å². The molecule has 1 aromatic rings. The number of hydrogen-bond donors (Lipinski definition) is 3. The summed E-state index contributed by atoms with van der Waals surface area (Å²) in [6, 6.07) is 5.75. The van der Waals surface area contributed by atoms with Crippen LogP contribution in [0.5, 0.6) is 5.75 Å². The highest BCUT2D eigenvalue weighted by Gasteiger charge is 2.22. The van der Waals surface area contributed by atoms with Crippen LogP contribution in [-0.2, 0) is 14.4 Å². The number of carbonyl (C=O) groups excluding carboxylic acids is 2. The number of para-hydroxylation sites is 1. The molecule has 0 spiro atoms. The van der Waals surface area contributed by atoms with Crippen molar-refractivity contribution >= 4 is 17.8 Å². The van der Waals surface area contributed by atoms with Crippen molar-refractivity contribution in [2.45, 2.75) is 19.4 Å². The molecule has 0 saturated carbocycles. The minimum absolute atomic E-state index is 0.340. The number of carboxylic acid groups (broad SMARTS) is 1. The molecule has 0 saturated heterocycles. The molecule has 1 atom stereocenters. The number of benzene rings is 1. The summed E-state index contributed by atoms with van der Waals surface area (Å²) in [5, 5.41) is 11.0. The lowest BCUT2D eigenvalue weighted by molar-refractivity contribution is -0.143. The zero-order chi connectivity index (χ0) is 15.1. The molecule has 1 rings (SSSR count). The van der Waals surface area contributed by atoms with Gasteiger partial charge in [0.15, 0.2) is 6.61 Å². The minimum atomic E-state index is -1.35. The molecule has 0 radical (unpaired) electrons. The van der Waals surface area contributed by atoms with Gasteiger partial charge in [0.1, 0.15) is 11.8 Å². The van der Waals surface area contributed by atoms with Gasteiger partial charge in [-0.05, 0) is 18.6 Å². The van der Waals surface area contributed by atoms with E-state index < -0.39 is 30.2 Å². The van der Waals surface area contributed by atoms with E-state index in [0.717, 1.165) is 5.56 Å². The Kier molecular flexibility index (Phi) is 5.52. The van der Waals surface area contributed by atoms with E-state index >= 15 is 0 Å². The number of amides is 2. The normalized spacial score (nSPS) is 11.4. The van der Waals surface area contributed by atoms with Crippen LogP contribution in [0.4, 0.5) is 0 Å². The van der Waals surface area contributed by atoms with Crippen molar-refractivity contribution in [1.82, 2.24) is 5.32 Å². The highest BCUT2D eigenvalue weighted by atomic mass is 16.5. The zero-order valence-corrected chi connectivity index (χ0v) is 11.0. The van der Waals surface area contributed by atoms with Crippen molar-refractivity contribution in [1.29, 1.82) is 0 Å². The monoisotopic (exact) mass is 280 g/mol. The number of hydrogen-bond acceptors (Lipinski definition) is 4. The van der Waals surface area contributed by atoms with Crippen LogP contribution in [0.3, 0.4) is 0 Å². The number of nitrogens with one attached hydrogen (secondary N) is 1. The van der Waals surface area contributed by atoms with Gasteiger partial charge in [0.25, 0.3) is 5.91 Å². The van der Waals surface area contributed by atoms with E-state index in [1.165, 1.54) is 0 Å². The minimum Gasteiger partial charge on any atom is -0.484 e. The molecule has 0 aliphatic rings. The second-order valence-electron chi connectivity index (χ2n) is 4.18. The van der Waals surface area contributed by atoms with Gasteiger partial charge in [-0.3, -0.25) is 9.59 Å². The van der Waals surface area contributed by atoms with Gasteiger partial charge in [0.2, 0.25) is 5.91 Å². The summed E-state index contributed by atoms with van der Waals surface area (Å²) in [6.07, 6.45) is -0.467. The van der Waals surface area contributed by atoms with E-state index in [9.17, 15) is 14.4 Å². The Morgan fingerprint density at radius 1 is 1.35 bits per heavy atom. The third-order valence-corrected chi connectivity index (χ3v) is 2.49. The van der Waals surface area contributed by atoms with Gasteiger partial charge in [-0.15, -0.1) is 0 Å². The SMILES string of the molecule is Cc1ccccc1OCC(=O)NC(CC(N)=O)C(=O)O. The first-order valence-electron chi connectivity index (χ1n) is 5.89. The summed E-state index contributed by atoms with van der Waals surface area (Å²) in [5.74, 6) is -2.24. The van der Waals surface area contributed by atoms with E-state index in [1.54, 1.807) is 12.1 Å². The second-order valence-corrected chi connectivity index (χ2v) is 4.18. The Morgan fingerprint density at radius 2 is 2.00 bits per heavy atom. The summed E-state index contributed by atoms with van der Waals surface area (Å²) in [4.78, 5) is 33.1. The highest BCUT2D eigenvalue weighted by Crippen LogP contribution is 2.15. The quantitative estimate of drug-likeness (QED) is 0.640.